The smallest absolute Gasteiger partial charge is 0.185 e. The molecular weight excluding hydrogens is 388 g/mol. The van der Waals surface area contributed by atoms with E-state index in [1.807, 2.05) is 13.8 Å². The third-order valence-corrected chi connectivity index (χ3v) is 5.03. The van der Waals surface area contributed by atoms with Gasteiger partial charge >= 0.3 is 0 Å². The number of ketones is 1. The SMILES string of the molecule is COc1ccc(C(=O)/C=C/c2c(C)nn(Cc3ccc(C)cc3)c2Cl)cc1OC. The van der Waals surface area contributed by atoms with Crippen LogP contribution >= 0.6 is 11.6 Å². The molecule has 5 nitrogen and oxygen atoms in total. The summed E-state index contributed by atoms with van der Waals surface area (Å²) in [5, 5.41) is 5.01. The lowest BCUT2D eigenvalue weighted by atomic mass is 10.1. The van der Waals surface area contributed by atoms with Crippen LogP contribution in [0.25, 0.3) is 6.08 Å². The zero-order chi connectivity index (χ0) is 21.0. The van der Waals surface area contributed by atoms with E-state index in [2.05, 4.69) is 29.4 Å². The topological polar surface area (TPSA) is 53.3 Å². The van der Waals surface area contributed by atoms with Gasteiger partial charge in [-0.25, -0.2) is 4.68 Å². The van der Waals surface area contributed by atoms with Gasteiger partial charge in [0.15, 0.2) is 17.3 Å². The van der Waals surface area contributed by atoms with Gasteiger partial charge in [-0.3, -0.25) is 4.79 Å². The highest BCUT2D eigenvalue weighted by Crippen LogP contribution is 2.28. The van der Waals surface area contributed by atoms with E-state index in [0.29, 0.717) is 28.8 Å². The lowest BCUT2D eigenvalue weighted by Gasteiger charge is -2.08. The fourth-order valence-corrected chi connectivity index (χ4v) is 3.27. The first kappa shape index (κ1) is 20.7. The number of hydrogen-bond acceptors (Lipinski definition) is 4. The lowest BCUT2D eigenvalue weighted by molar-refractivity contribution is 0.104. The molecule has 0 fully saturated rings. The van der Waals surface area contributed by atoms with Gasteiger partial charge in [0, 0.05) is 11.1 Å². The van der Waals surface area contributed by atoms with E-state index in [4.69, 9.17) is 21.1 Å². The lowest BCUT2D eigenvalue weighted by Crippen LogP contribution is -2.02. The molecule has 1 aromatic heterocycles. The number of ether oxygens (including phenoxy) is 2. The summed E-state index contributed by atoms with van der Waals surface area (Å²) in [7, 11) is 3.09. The van der Waals surface area contributed by atoms with E-state index < -0.39 is 0 Å². The third kappa shape index (κ3) is 4.69. The Kier molecular flexibility index (Phi) is 6.39. The largest absolute Gasteiger partial charge is 0.493 e. The minimum Gasteiger partial charge on any atom is -0.493 e. The summed E-state index contributed by atoms with van der Waals surface area (Å²) in [6, 6.07) is 13.3. The minimum atomic E-state index is -0.160. The first-order valence-corrected chi connectivity index (χ1v) is 9.53. The Morgan fingerprint density at radius 2 is 1.76 bits per heavy atom. The van der Waals surface area contributed by atoms with Crippen LogP contribution in [0.15, 0.2) is 48.5 Å². The second-order valence-electron chi connectivity index (χ2n) is 6.70. The average molecular weight is 411 g/mol. The van der Waals surface area contributed by atoms with E-state index in [1.165, 1.54) is 18.7 Å². The van der Waals surface area contributed by atoms with Crippen LogP contribution in [-0.2, 0) is 6.54 Å². The molecule has 0 bridgehead atoms. The van der Waals surface area contributed by atoms with E-state index in [-0.39, 0.29) is 5.78 Å². The monoisotopic (exact) mass is 410 g/mol. The molecule has 3 aromatic rings. The van der Waals surface area contributed by atoms with Gasteiger partial charge in [0.1, 0.15) is 5.15 Å². The van der Waals surface area contributed by atoms with Crippen LogP contribution in [0.1, 0.15) is 32.7 Å². The molecule has 0 N–H and O–H groups in total. The molecule has 0 radical (unpaired) electrons. The number of aryl methyl sites for hydroxylation is 2. The Morgan fingerprint density at radius 1 is 1.07 bits per heavy atom. The number of benzene rings is 2. The number of aromatic nitrogens is 2. The van der Waals surface area contributed by atoms with Crippen molar-refractivity contribution in [1.82, 2.24) is 9.78 Å². The van der Waals surface area contributed by atoms with Crippen molar-refractivity contribution in [3.63, 3.8) is 0 Å². The molecule has 0 aliphatic carbocycles. The first-order chi connectivity index (χ1) is 13.9. The molecule has 6 heteroatoms. The van der Waals surface area contributed by atoms with Crippen molar-refractivity contribution < 1.29 is 14.3 Å². The number of halogens is 1. The number of hydrogen-bond donors (Lipinski definition) is 0. The predicted molar refractivity (Wildman–Crippen MR) is 115 cm³/mol. The molecule has 0 aliphatic heterocycles. The maximum Gasteiger partial charge on any atom is 0.185 e. The molecule has 0 atom stereocenters. The summed E-state index contributed by atoms with van der Waals surface area (Å²) < 4.78 is 12.2. The van der Waals surface area contributed by atoms with Crippen molar-refractivity contribution in [2.45, 2.75) is 20.4 Å². The van der Waals surface area contributed by atoms with Crippen molar-refractivity contribution in [3.05, 3.63) is 81.6 Å². The van der Waals surface area contributed by atoms with Gasteiger partial charge in [-0.2, -0.15) is 5.10 Å². The highest BCUT2D eigenvalue weighted by atomic mass is 35.5. The van der Waals surface area contributed by atoms with Crippen molar-refractivity contribution in [3.8, 4) is 11.5 Å². The van der Waals surface area contributed by atoms with Crippen molar-refractivity contribution in [2.75, 3.05) is 14.2 Å². The van der Waals surface area contributed by atoms with Crippen molar-refractivity contribution >= 4 is 23.5 Å². The molecule has 2 aromatic carbocycles. The maximum atomic E-state index is 12.6. The average Bonchev–Trinajstić information content (AvgIpc) is 2.99. The molecule has 0 saturated heterocycles. The molecule has 3 rings (SSSR count). The number of nitrogens with zero attached hydrogens (tertiary/aromatic N) is 2. The molecule has 0 aliphatic rings. The molecule has 0 saturated carbocycles. The van der Waals surface area contributed by atoms with Gasteiger partial charge in [0.25, 0.3) is 0 Å². The van der Waals surface area contributed by atoms with Crippen LogP contribution < -0.4 is 9.47 Å². The first-order valence-electron chi connectivity index (χ1n) is 9.15. The second-order valence-corrected chi connectivity index (χ2v) is 7.06. The molecule has 29 heavy (non-hydrogen) atoms. The molecule has 150 valence electrons. The predicted octanol–water partition coefficient (Wildman–Crippen LogP) is 5.11. The normalized spacial score (nSPS) is 11.1. The Hall–Kier alpha value is -3.05. The molecule has 0 spiro atoms. The number of rotatable bonds is 7. The van der Waals surface area contributed by atoms with Gasteiger partial charge in [-0.15, -0.1) is 0 Å². The number of carbonyl (C=O) groups is 1. The van der Waals surface area contributed by atoms with Gasteiger partial charge in [0.2, 0.25) is 0 Å². The standard InChI is InChI=1S/C23H23ClN2O3/c1-15-5-7-17(8-6-15)14-26-23(24)19(16(2)25-26)10-11-20(27)18-9-12-21(28-3)22(13-18)29-4/h5-13H,14H2,1-4H3/b11-10+. The Bertz CT molecular complexity index is 1050. The second kappa shape index (κ2) is 8.97. The summed E-state index contributed by atoms with van der Waals surface area (Å²) >= 11 is 6.53. The fraction of sp³-hybridized carbons (Fsp3) is 0.217. The van der Waals surface area contributed by atoms with Crippen molar-refractivity contribution in [1.29, 1.82) is 0 Å². The van der Waals surface area contributed by atoms with Gasteiger partial charge in [-0.1, -0.05) is 41.4 Å². The third-order valence-electron chi connectivity index (χ3n) is 4.63. The van der Waals surface area contributed by atoms with Crippen LogP contribution in [0.2, 0.25) is 5.15 Å². The quantitative estimate of drug-likeness (QED) is 0.401. The zero-order valence-corrected chi connectivity index (χ0v) is 17.7. The van der Waals surface area contributed by atoms with Crippen LogP contribution in [0.5, 0.6) is 11.5 Å². The number of methoxy groups -OCH3 is 2. The minimum absolute atomic E-state index is 0.160. The molecular formula is C23H23ClN2O3. The summed E-state index contributed by atoms with van der Waals surface area (Å²) in [5.74, 6) is 0.920. The summed E-state index contributed by atoms with van der Waals surface area (Å²) in [6.07, 6.45) is 3.20. The number of carbonyl (C=O) groups excluding carboxylic acids is 1. The van der Waals surface area contributed by atoms with Gasteiger partial charge < -0.3 is 9.47 Å². The van der Waals surface area contributed by atoms with Gasteiger partial charge in [0.05, 0.1) is 26.5 Å². The highest BCUT2D eigenvalue weighted by molar-refractivity contribution is 6.31. The zero-order valence-electron chi connectivity index (χ0n) is 16.9. The Labute approximate surface area is 175 Å². The maximum absolute atomic E-state index is 12.6. The van der Waals surface area contributed by atoms with Crippen molar-refractivity contribution in [2.24, 2.45) is 0 Å². The number of allylic oxidation sites excluding steroid dienone is 1. The molecule has 0 unspecified atom stereocenters. The summed E-state index contributed by atoms with van der Waals surface area (Å²) in [4.78, 5) is 12.6. The molecule has 0 amide bonds. The van der Waals surface area contributed by atoms with E-state index >= 15 is 0 Å². The van der Waals surface area contributed by atoms with Gasteiger partial charge in [-0.05, 0) is 49.8 Å². The fourth-order valence-electron chi connectivity index (χ4n) is 2.97. The van der Waals surface area contributed by atoms with Crippen LogP contribution in [0, 0.1) is 13.8 Å². The summed E-state index contributed by atoms with van der Waals surface area (Å²) in [5.41, 5.74) is 4.30. The highest BCUT2D eigenvalue weighted by Gasteiger charge is 2.13. The van der Waals surface area contributed by atoms with Crippen LogP contribution in [0.3, 0.4) is 0 Å². The van der Waals surface area contributed by atoms with E-state index in [9.17, 15) is 4.79 Å². The molecule has 1 heterocycles. The van der Waals surface area contributed by atoms with Crippen LogP contribution in [0.4, 0.5) is 0 Å². The van der Waals surface area contributed by atoms with E-state index in [0.717, 1.165) is 16.8 Å². The Balaban J connectivity index is 1.81. The summed E-state index contributed by atoms with van der Waals surface area (Å²) in [6.45, 7) is 4.49. The van der Waals surface area contributed by atoms with E-state index in [1.54, 1.807) is 36.1 Å². The Morgan fingerprint density at radius 3 is 2.41 bits per heavy atom. The van der Waals surface area contributed by atoms with Crippen LogP contribution in [-0.4, -0.2) is 29.8 Å².